The lowest BCUT2D eigenvalue weighted by molar-refractivity contribution is -0.116. The Hall–Kier alpha value is -3.35. The van der Waals surface area contributed by atoms with Gasteiger partial charge in [-0.25, -0.2) is 13.8 Å². The van der Waals surface area contributed by atoms with Crippen LogP contribution in [0.4, 0.5) is 14.6 Å². The van der Waals surface area contributed by atoms with Gasteiger partial charge in [-0.05, 0) is 17.7 Å². The van der Waals surface area contributed by atoms with Crippen molar-refractivity contribution in [3.63, 3.8) is 0 Å². The van der Waals surface area contributed by atoms with E-state index >= 15 is 0 Å². The zero-order valence-corrected chi connectivity index (χ0v) is 13.4. The van der Waals surface area contributed by atoms with E-state index < -0.39 is 23.1 Å². The molecule has 26 heavy (non-hydrogen) atoms. The van der Waals surface area contributed by atoms with Crippen molar-refractivity contribution in [3.05, 3.63) is 81.6 Å². The second-order valence-corrected chi connectivity index (χ2v) is 6.05. The molecule has 1 aliphatic heterocycles. The van der Waals surface area contributed by atoms with Crippen molar-refractivity contribution >= 4 is 11.7 Å². The molecule has 1 unspecified atom stereocenters. The highest BCUT2D eigenvalue weighted by Crippen LogP contribution is 2.35. The van der Waals surface area contributed by atoms with Gasteiger partial charge < -0.3 is 10.3 Å². The van der Waals surface area contributed by atoms with Crippen LogP contribution in [0.1, 0.15) is 23.5 Å². The molecule has 1 atom stereocenters. The number of hydrogen-bond acceptors (Lipinski definition) is 3. The lowest BCUT2D eigenvalue weighted by Crippen LogP contribution is -2.31. The Kier molecular flexibility index (Phi) is 3.84. The molecule has 7 heteroatoms. The number of fused-ring (bicyclic) bond motifs is 1. The molecule has 5 nitrogen and oxygen atoms in total. The summed E-state index contributed by atoms with van der Waals surface area (Å²) >= 11 is 0. The number of amides is 1. The van der Waals surface area contributed by atoms with Gasteiger partial charge >= 0.3 is 0 Å². The van der Waals surface area contributed by atoms with E-state index in [1.54, 1.807) is 24.3 Å². The quantitative estimate of drug-likeness (QED) is 0.743. The highest BCUT2D eigenvalue weighted by molar-refractivity contribution is 5.94. The first-order chi connectivity index (χ1) is 12.5. The van der Waals surface area contributed by atoms with E-state index in [0.29, 0.717) is 11.4 Å². The van der Waals surface area contributed by atoms with Crippen molar-refractivity contribution < 1.29 is 13.6 Å². The number of carbonyl (C=O) groups is 1. The number of nitrogens with zero attached hydrogens (tertiary/aromatic N) is 1. The standard InChI is InChI=1S/C19H13F2N3O2/c20-12-6-11(7-13(21)8-12)14-9-15(25)22-18-16(14)19(26)24-17(23-18)10-4-2-1-3-5-10/h1-8,14H,9H2,(H2,22,23,24,25,26). The Bertz CT molecular complexity index is 1040. The summed E-state index contributed by atoms with van der Waals surface area (Å²) in [5.74, 6) is -2.26. The molecule has 0 saturated heterocycles. The predicted molar refractivity (Wildman–Crippen MR) is 91.7 cm³/mol. The average molecular weight is 353 g/mol. The summed E-state index contributed by atoms with van der Waals surface area (Å²) in [5.41, 5.74) is 0.636. The molecular formula is C19H13F2N3O2. The van der Waals surface area contributed by atoms with Crippen molar-refractivity contribution in [2.24, 2.45) is 0 Å². The van der Waals surface area contributed by atoms with Gasteiger partial charge in [-0.2, -0.15) is 0 Å². The summed E-state index contributed by atoms with van der Waals surface area (Å²) < 4.78 is 27.2. The number of rotatable bonds is 2. The van der Waals surface area contributed by atoms with Crippen LogP contribution in [0.25, 0.3) is 11.4 Å². The average Bonchev–Trinajstić information content (AvgIpc) is 2.60. The number of hydrogen-bond donors (Lipinski definition) is 2. The first-order valence-electron chi connectivity index (χ1n) is 7.97. The fourth-order valence-corrected chi connectivity index (χ4v) is 3.17. The molecule has 3 aromatic rings. The summed E-state index contributed by atoms with van der Waals surface area (Å²) in [4.78, 5) is 31.8. The smallest absolute Gasteiger partial charge is 0.257 e. The lowest BCUT2D eigenvalue weighted by Gasteiger charge is -2.24. The summed E-state index contributed by atoms with van der Waals surface area (Å²) in [6, 6.07) is 12.0. The number of H-pyrrole nitrogens is 1. The molecule has 1 aromatic heterocycles. The van der Waals surface area contributed by atoms with E-state index in [2.05, 4.69) is 15.3 Å². The van der Waals surface area contributed by atoms with Crippen LogP contribution in [0.5, 0.6) is 0 Å². The van der Waals surface area contributed by atoms with Crippen LogP contribution in [-0.2, 0) is 4.79 Å². The van der Waals surface area contributed by atoms with Crippen LogP contribution < -0.4 is 10.9 Å². The van der Waals surface area contributed by atoms with Crippen molar-refractivity contribution in [1.29, 1.82) is 0 Å². The van der Waals surface area contributed by atoms with Crippen molar-refractivity contribution in [2.45, 2.75) is 12.3 Å². The first kappa shape index (κ1) is 16.1. The van der Waals surface area contributed by atoms with E-state index in [4.69, 9.17) is 0 Å². The minimum absolute atomic E-state index is 0.0919. The Morgan fingerprint density at radius 1 is 1.00 bits per heavy atom. The van der Waals surface area contributed by atoms with E-state index in [-0.39, 0.29) is 29.3 Å². The molecule has 2 N–H and O–H groups in total. The molecule has 0 aliphatic carbocycles. The van der Waals surface area contributed by atoms with Gasteiger partial charge in [0, 0.05) is 24.0 Å². The normalized spacial score (nSPS) is 16.1. The van der Waals surface area contributed by atoms with Gasteiger partial charge in [-0.15, -0.1) is 0 Å². The molecule has 0 bridgehead atoms. The Balaban J connectivity index is 1.88. The van der Waals surface area contributed by atoms with Crippen LogP contribution in [0.15, 0.2) is 53.3 Å². The Morgan fingerprint density at radius 2 is 1.69 bits per heavy atom. The van der Waals surface area contributed by atoms with Crippen molar-refractivity contribution in [2.75, 3.05) is 5.32 Å². The van der Waals surface area contributed by atoms with Crippen LogP contribution in [0.2, 0.25) is 0 Å². The maximum Gasteiger partial charge on any atom is 0.257 e. The van der Waals surface area contributed by atoms with Gasteiger partial charge in [-0.1, -0.05) is 30.3 Å². The highest BCUT2D eigenvalue weighted by Gasteiger charge is 2.31. The number of halogens is 2. The van der Waals surface area contributed by atoms with Gasteiger partial charge in [0.2, 0.25) is 5.91 Å². The number of anilines is 1. The second kappa shape index (κ2) is 6.18. The summed E-state index contributed by atoms with van der Waals surface area (Å²) in [6.45, 7) is 0. The molecule has 0 spiro atoms. The maximum absolute atomic E-state index is 13.6. The Morgan fingerprint density at radius 3 is 2.38 bits per heavy atom. The molecule has 1 aliphatic rings. The highest BCUT2D eigenvalue weighted by atomic mass is 19.1. The van der Waals surface area contributed by atoms with Gasteiger partial charge in [0.1, 0.15) is 23.3 Å². The summed E-state index contributed by atoms with van der Waals surface area (Å²) in [7, 11) is 0. The van der Waals surface area contributed by atoms with Crippen molar-refractivity contribution in [3.8, 4) is 11.4 Å². The largest absolute Gasteiger partial charge is 0.310 e. The van der Waals surface area contributed by atoms with Crippen LogP contribution in [-0.4, -0.2) is 15.9 Å². The molecule has 0 saturated carbocycles. The molecule has 4 rings (SSSR count). The number of aromatic nitrogens is 2. The minimum atomic E-state index is -0.773. The lowest BCUT2D eigenvalue weighted by atomic mass is 9.86. The van der Waals surface area contributed by atoms with Crippen LogP contribution in [0, 0.1) is 11.6 Å². The molecule has 1 amide bonds. The third-order valence-corrected chi connectivity index (χ3v) is 4.29. The third kappa shape index (κ3) is 2.88. The molecule has 2 aromatic carbocycles. The second-order valence-electron chi connectivity index (χ2n) is 6.05. The predicted octanol–water partition coefficient (Wildman–Crippen LogP) is 3.19. The Labute approximate surface area is 146 Å². The zero-order chi connectivity index (χ0) is 18.3. The van der Waals surface area contributed by atoms with E-state index in [1.165, 1.54) is 0 Å². The third-order valence-electron chi connectivity index (χ3n) is 4.29. The van der Waals surface area contributed by atoms with Gasteiger partial charge in [0.15, 0.2) is 0 Å². The first-order valence-corrected chi connectivity index (χ1v) is 7.97. The number of aromatic amines is 1. The summed E-state index contributed by atoms with van der Waals surface area (Å²) in [6.07, 6.45) is -0.0919. The molecular weight excluding hydrogens is 340 g/mol. The van der Waals surface area contributed by atoms with Gasteiger partial charge in [0.25, 0.3) is 5.56 Å². The fourth-order valence-electron chi connectivity index (χ4n) is 3.17. The van der Waals surface area contributed by atoms with Crippen LogP contribution in [0.3, 0.4) is 0 Å². The zero-order valence-electron chi connectivity index (χ0n) is 13.4. The number of benzene rings is 2. The molecule has 0 fully saturated rings. The number of nitrogens with one attached hydrogen (secondary N) is 2. The van der Waals surface area contributed by atoms with E-state index in [0.717, 1.165) is 18.2 Å². The maximum atomic E-state index is 13.6. The van der Waals surface area contributed by atoms with E-state index in [1.807, 2.05) is 6.07 Å². The van der Waals surface area contributed by atoms with Crippen molar-refractivity contribution in [1.82, 2.24) is 9.97 Å². The van der Waals surface area contributed by atoms with Gasteiger partial charge in [0.05, 0.1) is 5.56 Å². The molecule has 0 radical (unpaired) electrons. The van der Waals surface area contributed by atoms with Crippen LogP contribution >= 0.6 is 0 Å². The molecule has 130 valence electrons. The topological polar surface area (TPSA) is 74.8 Å². The fraction of sp³-hybridized carbons (Fsp3) is 0.105. The number of carbonyl (C=O) groups excluding carboxylic acids is 1. The van der Waals surface area contributed by atoms with Gasteiger partial charge in [-0.3, -0.25) is 9.59 Å². The SMILES string of the molecule is O=C1CC(c2cc(F)cc(F)c2)c2c(nc(-c3ccccc3)[nH]c2=O)N1. The monoisotopic (exact) mass is 353 g/mol. The summed E-state index contributed by atoms with van der Waals surface area (Å²) in [5, 5.41) is 2.58. The molecule has 2 heterocycles. The van der Waals surface area contributed by atoms with E-state index in [9.17, 15) is 18.4 Å². The minimum Gasteiger partial charge on any atom is -0.310 e.